The number of hydrogen-bond donors (Lipinski definition) is 1. The Balaban J connectivity index is 2.17. The summed E-state index contributed by atoms with van der Waals surface area (Å²) in [5.74, 6) is 0. The van der Waals surface area contributed by atoms with Crippen molar-refractivity contribution in [3.8, 4) is 0 Å². The monoisotopic (exact) mass is 272 g/mol. The number of fused-ring (bicyclic) bond motifs is 1. The van der Waals surface area contributed by atoms with Gasteiger partial charge < -0.3 is 5.11 Å². The van der Waals surface area contributed by atoms with Crippen molar-refractivity contribution in [2.24, 2.45) is 0 Å². The Morgan fingerprint density at radius 1 is 1.26 bits per heavy atom. The van der Waals surface area contributed by atoms with Crippen molar-refractivity contribution in [3.63, 3.8) is 0 Å². The Morgan fingerprint density at radius 3 is 2.79 bits per heavy atom. The molecule has 0 radical (unpaired) electrons. The normalized spacial score (nSPS) is 12.7. The van der Waals surface area contributed by atoms with Crippen LogP contribution in [-0.4, -0.2) is 21.3 Å². The molecule has 0 saturated carbocycles. The molecule has 0 bridgehead atoms. The summed E-state index contributed by atoms with van der Waals surface area (Å²) in [5.41, 5.74) is 1.49. The van der Waals surface area contributed by atoms with E-state index in [0.29, 0.717) is 10.2 Å². The molecule has 3 aromatic rings. The van der Waals surface area contributed by atoms with Gasteiger partial charge in [-0.05, 0) is 17.0 Å². The lowest BCUT2D eigenvalue weighted by molar-refractivity contribution is 0.246. The van der Waals surface area contributed by atoms with Crippen molar-refractivity contribution < 1.29 is 5.11 Å². The Labute approximate surface area is 113 Å². The van der Waals surface area contributed by atoms with Crippen molar-refractivity contribution >= 4 is 21.6 Å². The third kappa shape index (κ3) is 2.07. The standard InChI is InChI=1S/C14H12N2O2S/c17-8-12(10-4-2-1-3-5-10)16-9-15-11-6-7-19-13(11)14(16)18/h1-7,9,12,17H,8H2/t12-/m0/s1. The first-order chi connectivity index (χ1) is 9.31. The van der Waals surface area contributed by atoms with Gasteiger partial charge in [0.05, 0.1) is 24.5 Å². The molecule has 5 heteroatoms. The van der Waals surface area contributed by atoms with Crippen LogP contribution < -0.4 is 5.56 Å². The van der Waals surface area contributed by atoms with Gasteiger partial charge in [-0.3, -0.25) is 9.36 Å². The van der Waals surface area contributed by atoms with Gasteiger partial charge in [0.15, 0.2) is 0 Å². The Hall–Kier alpha value is -1.98. The molecule has 0 spiro atoms. The molecule has 1 aromatic carbocycles. The summed E-state index contributed by atoms with van der Waals surface area (Å²) in [7, 11) is 0. The molecule has 0 aliphatic rings. The van der Waals surface area contributed by atoms with E-state index in [1.807, 2.05) is 41.8 Å². The summed E-state index contributed by atoms with van der Waals surface area (Å²) in [6.45, 7) is -0.136. The fourth-order valence-electron chi connectivity index (χ4n) is 2.11. The number of aromatic nitrogens is 2. The van der Waals surface area contributed by atoms with Crippen LogP contribution in [0, 0.1) is 0 Å². The molecule has 2 heterocycles. The highest BCUT2D eigenvalue weighted by atomic mass is 32.1. The van der Waals surface area contributed by atoms with E-state index in [0.717, 1.165) is 5.56 Å². The van der Waals surface area contributed by atoms with Crippen molar-refractivity contribution in [1.29, 1.82) is 0 Å². The van der Waals surface area contributed by atoms with Gasteiger partial charge >= 0.3 is 0 Å². The largest absolute Gasteiger partial charge is 0.394 e. The lowest BCUT2D eigenvalue weighted by Gasteiger charge is -2.17. The highest BCUT2D eigenvalue weighted by Gasteiger charge is 2.15. The molecule has 0 fully saturated rings. The molecule has 0 unspecified atom stereocenters. The average molecular weight is 272 g/mol. The number of rotatable bonds is 3. The van der Waals surface area contributed by atoms with Crippen molar-refractivity contribution in [1.82, 2.24) is 9.55 Å². The fourth-order valence-corrected chi connectivity index (χ4v) is 2.89. The van der Waals surface area contributed by atoms with Gasteiger partial charge in [0.25, 0.3) is 5.56 Å². The van der Waals surface area contributed by atoms with Gasteiger partial charge in [-0.15, -0.1) is 11.3 Å². The first-order valence-electron chi connectivity index (χ1n) is 5.91. The average Bonchev–Trinajstić information content (AvgIpc) is 2.93. The summed E-state index contributed by atoms with van der Waals surface area (Å²) in [5, 5.41) is 11.4. The number of nitrogens with zero attached hydrogens (tertiary/aromatic N) is 2. The predicted octanol–water partition coefficient (Wildman–Crippen LogP) is 2.04. The van der Waals surface area contributed by atoms with E-state index in [2.05, 4.69) is 4.98 Å². The Kier molecular flexibility index (Phi) is 3.15. The zero-order valence-electron chi connectivity index (χ0n) is 10.1. The van der Waals surface area contributed by atoms with Crippen LogP contribution in [0.25, 0.3) is 10.2 Å². The van der Waals surface area contributed by atoms with Crippen LogP contribution >= 0.6 is 11.3 Å². The summed E-state index contributed by atoms with van der Waals surface area (Å²) >= 11 is 1.37. The first kappa shape index (κ1) is 12.1. The molecule has 1 N–H and O–H groups in total. The molecule has 1 atom stereocenters. The molecule has 0 aliphatic heterocycles. The maximum absolute atomic E-state index is 12.4. The molecule has 0 amide bonds. The predicted molar refractivity (Wildman–Crippen MR) is 75.5 cm³/mol. The summed E-state index contributed by atoms with van der Waals surface area (Å²) < 4.78 is 2.12. The molecule has 19 heavy (non-hydrogen) atoms. The molecule has 0 saturated heterocycles. The van der Waals surface area contributed by atoms with Gasteiger partial charge in [0.1, 0.15) is 4.70 Å². The number of aliphatic hydroxyl groups is 1. The van der Waals surface area contributed by atoms with E-state index in [-0.39, 0.29) is 12.2 Å². The minimum atomic E-state index is -0.396. The van der Waals surface area contributed by atoms with E-state index in [9.17, 15) is 9.90 Å². The fraction of sp³-hybridized carbons (Fsp3) is 0.143. The van der Waals surface area contributed by atoms with Crippen LogP contribution in [0.3, 0.4) is 0 Å². The van der Waals surface area contributed by atoms with E-state index < -0.39 is 6.04 Å². The molecule has 2 aromatic heterocycles. The van der Waals surface area contributed by atoms with Gasteiger partial charge in [-0.1, -0.05) is 30.3 Å². The van der Waals surface area contributed by atoms with Crippen LogP contribution in [0.4, 0.5) is 0 Å². The maximum Gasteiger partial charge on any atom is 0.271 e. The van der Waals surface area contributed by atoms with E-state index in [1.165, 1.54) is 22.2 Å². The lowest BCUT2D eigenvalue weighted by atomic mass is 10.1. The van der Waals surface area contributed by atoms with E-state index >= 15 is 0 Å². The number of benzene rings is 1. The summed E-state index contributed by atoms with van der Waals surface area (Å²) in [6.07, 6.45) is 1.51. The molecule has 4 nitrogen and oxygen atoms in total. The smallest absolute Gasteiger partial charge is 0.271 e. The topological polar surface area (TPSA) is 55.1 Å². The lowest BCUT2D eigenvalue weighted by Crippen LogP contribution is -2.27. The highest BCUT2D eigenvalue weighted by Crippen LogP contribution is 2.18. The molecular weight excluding hydrogens is 260 g/mol. The van der Waals surface area contributed by atoms with Crippen LogP contribution in [0.1, 0.15) is 11.6 Å². The van der Waals surface area contributed by atoms with Gasteiger partial charge in [-0.2, -0.15) is 0 Å². The van der Waals surface area contributed by atoms with Crippen LogP contribution in [0.5, 0.6) is 0 Å². The van der Waals surface area contributed by atoms with Gasteiger partial charge in [-0.25, -0.2) is 4.98 Å². The first-order valence-corrected chi connectivity index (χ1v) is 6.79. The third-order valence-electron chi connectivity index (χ3n) is 3.09. The Morgan fingerprint density at radius 2 is 2.05 bits per heavy atom. The maximum atomic E-state index is 12.4. The highest BCUT2D eigenvalue weighted by molar-refractivity contribution is 7.17. The minimum Gasteiger partial charge on any atom is -0.394 e. The Bertz CT molecular complexity index is 749. The zero-order chi connectivity index (χ0) is 13.2. The van der Waals surface area contributed by atoms with Crippen LogP contribution in [0.15, 0.2) is 52.9 Å². The van der Waals surface area contributed by atoms with Crippen molar-refractivity contribution in [2.45, 2.75) is 6.04 Å². The van der Waals surface area contributed by atoms with Gasteiger partial charge in [0, 0.05) is 0 Å². The molecule has 96 valence electrons. The van der Waals surface area contributed by atoms with Crippen LogP contribution in [-0.2, 0) is 0 Å². The van der Waals surface area contributed by atoms with E-state index in [4.69, 9.17) is 0 Å². The molecule has 3 rings (SSSR count). The SMILES string of the molecule is O=c1c2sccc2ncn1[C@@H](CO)c1ccccc1. The van der Waals surface area contributed by atoms with E-state index in [1.54, 1.807) is 0 Å². The van der Waals surface area contributed by atoms with Gasteiger partial charge in [0.2, 0.25) is 0 Å². The summed E-state index contributed by atoms with van der Waals surface area (Å²) in [4.78, 5) is 16.6. The zero-order valence-corrected chi connectivity index (χ0v) is 10.9. The van der Waals surface area contributed by atoms with Crippen molar-refractivity contribution in [3.05, 3.63) is 64.0 Å². The molecule has 0 aliphatic carbocycles. The number of thiophene rings is 1. The van der Waals surface area contributed by atoms with Crippen LogP contribution in [0.2, 0.25) is 0 Å². The second kappa shape index (κ2) is 4.95. The number of hydrogen-bond acceptors (Lipinski definition) is 4. The quantitative estimate of drug-likeness (QED) is 0.794. The van der Waals surface area contributed by atoms with Crippen molar-refractivity contribution in [2.75, 3.05) is 6.61 Å². The minimum absolute atomic E-state index is 0.108. The second-order valence-electron chi connectivity index (χ2n) is 4.20. The molecular formula is C14H12N2O2S. The number of aliphatic hydroxyl groups excluding tert-OH is 1. The second-order valence-corrected chi connectivity index (χ2v) is 5.12. The third-order valence-corrected chi connectivity index (χ3v) is 3.98. The summed E-state index contributed by atoms with van der Waals surface area (Å²) in [6, 6.07) is 10.9.